The highest BCUT2D eigenvalue weighted by atomic mass is 16.3. The Morgan fingerprint density at radius 1 is 1.11 bits per heavy atom. The lowest BCUT2D eigenvalue weighted by atomic mass is 9.88. The van der Waals surface area contributed by atoms with Crippen LogP contribution < -0.4 is 5.32 Å². The van der Waals surface area contributed by atoms with Gasteiger partial charge in [0.2, 0.25) is 0 Å². The van der Waals surface area contributed by atoms with Gasteiger partial charge in [-0.25, -0.2) is 0 Å². The van der Waals surface area contributed by atoms with Gasteiger partial charge in [-0.3, -0.25) is 0 Å². The van der Waals surface area contributed by atoms with Crippen LogP contribution in [0.5, 0.6) is 0 Å². The van der Waals surface area contributed by atoms with E-state index in [9.17, 15) is 10.2 Å². The first-order valence-electron chi connectivity index (χ1n) is 11.6. The van der Waals surface area contributed by atoms with E-state index < -0.39 is 0 Å². The Morgan fingerprint density at radius 2 is 1.96 bits per heavy atom. The number of nitrogens with one attached hydrogen (secondary N) is 1. The van der Waals surface area contributed by atoms with Crippen LogP contribution in [0.1, 0.15) is 84.5 Å². The molecule has 3 heteroatoms. The lowest BCUT2D eigenvalue weighted by molar-refractivity contribution is 0.139. The SMILES string of the molecule is CCCCC[C@H](O)/C=C/[C@@H]1[C@H]2CC(CCCCCNCCC)=C[C@H]2C[C@H]1O. The summed E-state index contributed by atoms with van der Waals surface area (Å²) in [5, 5.41) is 24.1. The normalized spacial score (nSPS) is 28.7. The number of allylic oxidation sites excluding steroid dienone is 2. The number of rotatable bonds is 14. The molecular formula is C24H43NO2. The van der Waals surface area contributed by atoms with E-state index in [0.717, 1.165) is 38.8 Å². The molecule has 1 fully saturated rings. The zero-order valence-corrected chi connectivity index (χ0v) is 17.7. The fourth-order valence-electron chi connectivity index (χ4n) is 4.83. The number of aliphatic hydroxyl groups excluding tert-OH is 2. The largest absolute Gasteiger partial charge is 0.392 e. The maximum Gasteiger partial charge on any atom is 0.0721 e. The highest BCUT2D eigenvalue weighted by Crippen LogP contribution is 2.48. The van der Waals surface area contributed by atoms with Crippen molar-refractivity contribution in [2.24, 2.45) is 17.8 Å². The molecule has 0 aromatic carbocycles. The molecule has 0 unspecified atom stereocenters. The maximum atomic E-state index is 10.5. The van der Waals surface area contributed by atoms with Gasteiger partial charge in [-0.15, -0.1) is 0 Å². The summed E-state index contributed by atoms with van der Waals surface area (Å²) in [4.78, 5) is 0. The van der Waals surface area contributed by atoms with Gasteiger partial charge in [0.15, 0.2) is 0 Å². The average molecular weight is 378 g/mol. The Morgan fingerprint density at radius 3 is 2.74 bits per heavy atom. The second-order valence-electron chi connectivity index (χ2n) is 8.75. The van der Waals surface area contributed by atoms with Crippen molar-refractivity contribution in [3.05, 3.63) is 23.8 Å². The number of unbranched alkanes of at least 4 members (excludes halogenated alkanes) is 4. The molecule has 0 heterocycles. The molecule has 1 saturated carbocycles. The Hall–Kier alpha value is -0.640. The van der Waals surface area contributed by atoms with Crippen molar-refractivity contribution in [3.63, 3.8) is 0 Å². The van der Waals surface area contributed by atoms with Gasteiger partial charge in [-0.1, -0.05) is 63.3 Å². The molecule has 3 N–H and O–H groups in total. The van der Waals surface area contributed by atoms with Crippen molar-refractivity contribution < 1.29 is 10.2 Å². The molecule has 0 saturated heterocycles. The van der Waals surface area contributed by atoms with Gasteiger partial charge in [0, 0.05) is 5.92 Å². The molecule has 2 aliphatic carbocycles. The third-order valence-corrected chi connectivity index (χ3v) is 6.39. The number of aliphatic hydroxyl groups is 2. The third kappa shape index (κ3) is 7.71. The van der Waals surface area contributed by atoms with Gasteiger partial charge in [-0.2, -0.15) is 0 Å². The lowest BCUT2D eigenvalue weighted by Gasteiger charge is -2.19. The minimum absolute atomic E-state index is 0.225. The van der Waals surface area contributed by atoms with E-state index >= 15 is 0 Å². The molecule has 0 amide bonds. The first kappa shape index (κ1) is 22.6. The second kappa shape index (κ2) is 12.7. The van der Waals surface area contributed by atoms with Crippen LogP contribution in [0, 0.1) is 17.8 Å². The van der Waals surface area contributed by atoms with E-state index in [4.69, 9.17) is 0 Å². The van der Waals surface area contributed by atoms with Crippen LogP contribution in [0.15, 0.2) is 23.8 Å². The third-order valence-electron chi connectivity index (χ3n) is 6.39. The summed E-state index contributed by atoms with van der Waals surface area (Å²) in [7, 11) is 0. The van der Waals surface area contributed by atoms with Crippen LogP contribution in [0.2, 0.25) is 0 Å². The smallest absolute Gasteiger partial charge is 0.0721 e. The van der Waals surface area contributed by atoms with E-state index in [1.165, 1.54) is 44.9 Å². The van der Waals surface area contributed by atoms with E-state index in [-0.39, 0.29) is 18.1 Å². The van der Waals surface area contributed by atoms with Crippen molar-refractivity contribution in [3.8, 4) is 0 Å². The maximum absolute atomic E-state index is 10.5. The average Bonchev–Trinajstić information content (AvgIpc) is 3.16. The van der Waals surface area contributed by atoms with Gasteiger partial charge in [-0.05, 0) is 69.9 Å². The monoisotopic (exact) mass is 377 g/mol. The predicted molar refractivity (Wildman–Crippen MR) is 115 cm³/mol. The van der Waals surface area contributed by atoms with Gasteiger partial charge in [0.25, 0.3) is 0 Å². The second-order valence-corrected chi connectivity index (χ2v) is 8.75. The molecule has 0 bridgehead atoms. The molecule has 3 nitrogen and oxygen atoms in total. The zero-order valence-electron chi connectivity index (χ0n) is 17.7. The minimum atomic E-state index is -0.349. The van der Waals surface area contributed by atoms with E-state index in [1.54, 1.807) is 5.57 Å². The minimum Gasteiger partial charge on any atom is -0.392 e. The van der Waals surface area contributed by atoms with Gasteiger partial charge >= 0.3 is 0 Å². The molecule has 2 aliphatic rings. The molecule has 156 valence electrons. The molecule has 0 aromatic heterocycles. The Balaban J connectivity index is 1.69. The highest BCUT2D eigenvalue weighted by molar-refractivity contribution is 5.20. The summed E-state index contributed by atoms with van der Waals surface area (Å²) in [5.41, 5.74) is 1.61. The Kier molecular flexibility index (Phi) is 10.7. The fourth-order valence-corrected chi connectivity index (χ4v) is 4.83. The van der Waals surface area contributed by atoms with Gasteiger partial charge in [0.05, 0.1) is 12.2 Å². The summed E-state index contributed by atoms with van der Waals surface area (Å²) >= 11 is 0. The van der Waals surface area contributed by atoms with Crippen LogP contribution in [-0.2, 0) is 0 Å². The van der Waals surface area contributed by atoms with Crippen molar-refractivity contribution >= 4 is 0 Å². The summed E-state index contributed by atoms with van der Waals surface area (Å²) in [6.07, 6.45) is 18.6. The predicted octanol–water partition coefficient (Wildman–Crippen LogP) is 4.99. The molecule has 27 heavy (non-hydrogen) atoms. The molecule has 0 aliphatic heterocycles. The van der Waals surface area contributed by atoms with E-state index in [2.05, 4.69) is 31.3 Å². The lowest BCUT2D eigenvalue weighted by Crippen LogP contribution is -2.18. The van der Waals surface area contributed by atoms with Crippen LogP contribution in [0.25, 0.3) is 0 Å². The molecule has 0 spiro atoms. The highest BCUT2D eigenvalue weighted by Gasteiger charge is 2.43. The van der Waals surface area contributed by atoms with Crippen molar-refractivity contribution in [1.82, 2.24) is 5.32 Å². The first-order chi connectivity index (χ1) is 13.2. The molecular weight excluding hydrogens is 334 g/mol. The standard InChI is InChI=1S/C24H43NO2/c1-3-5-7-11-21(26)12-13-22-23-17-19(16-20(23)18-24(22)27)10-8-6-9-15-25-14-4-2/h12-13,16,20-27H,3-11,14-15,17-18H2,1-2H3/b13-12+/t20-,21-,22+,23-,24+/m0/s1. The van der Waals surface area contributed by atoms with E-state index in [0.29, 0.717) is 11.8 Å². The molecule has 0 radical (unpaired) electrons. The first-order valence-corrected chi connectivity index (χ1v) is 11.6. The van der Waals surface area contributed by atoms with Crippen LogP contribution in [-0.4, -0.2) is 35.5 Å². The molecule has 2 rings (SSSR count). The van der Waals surface area contributed by atoms with Crippen molar-refractivity contribution in [2.75, 3.05) is 13.1 Å². The summed E-state index contributed by atoms with van der Waals surface area (Å²) in [6, 6.07) is 0. The Labute approximate surface area is 167 Å². The van der Waals surface area contributed by atoms with E-state index in [1.807, 2.05) is 6.08 Å². The topological polar surface area (TPSA) is 52.5 Å². The van der Waals surface area contributed by atoms with Crippen molar-refractivity contribution in [2.45, 2.75) is 96.7 Å². The van der Waals surface area contributed by atoms with Gasteiger partial charge < -0.3 is 15.5 Å². The summed E-state index contributed by atoms with van der Waals surface area (Å²) in [6.45, 7) is 6.69. The fraction of sp³-hybridized carbons (Fsp3) is 0.833. The van der Waals surface area contributed by atoms with Crippen molar-refractivity contribution in [1.29, 1.82) is 0 Å². The Bertz CT molecular complexity index is 459. The zero-order chi connectivity index (χ0) is 19.5. The summed E-state index contributed by atoms with van der Waals surface area (Å²) in [5.74, 6) is 1.33. The van der Waals surface area contributed by atoms with Gasteiger partial charge in [0.1, 0.15) is 0 Å². The number of hydrogen-bond donors (Lipinski definition) is 3. The number of fused-ring (bicyclic) bond motifs is 1. The summed E-state index contributed by atoms with van der Waals surface area (Å²) < 4.78 is 0. The molecule has 0 aromatic rings. The van der Waals surface area contributed by atoms with Crippen LogP contribution >= 0.6 is 0 Å². The van der Waals surface area contributed by atoms with Crippen LogP contribution in [0.3, 0.4) is 0 Å². The quantitative estimate of drug-likeness (QED) is 0.295. The molecule has 5 atom stereocenters. The van der Waals surface area contributed by atoms with Crippen LogP contribution in [0.4, 0.5) is 0 Å². The number of hydrogen-bond acceptors (Lipinski definition) is 3.